The second kappa shape index (κ2) is 7.06. The molecule has 128 valence electrons. The maximum Gasteiger partial charge on any atom is 0.239 e. The van der Waals surface area contributed by atoms with Crippen molar-refractivity contribution in [3.8, 4) is 0 Å². The largest absolute Gasteiger partial charge is 0.358 e. The number of fused-ring (bicyclic) bond motifs is 3. The monoisotopic (exact) mass is 364 g/mol. The van der Waals surface area contributed by atoms with Crippen molar-refractivity contribution >= 4 is 45.1 Å². The summed E-state index contributed by atoms with van der Waals surface area (Å²) < 4.78 is 0. The Balaban J connectivity index is 1.78. The van der Waals surface area contributed by atoms with Crippen LogP contribution in [0.3, 0.4) is 0 Å². The molecule has 0 fully saturated rings. The molecule has 2 heterocycles. The van der Waals surface area contributed by atoms with Gasteiger partial charge < -0.3 is 10.2 Å². The van der Waals surface area contributed by atoms with Gasteiger partial charge in [-0.25, -0.2) is 9.97 Å². The molecular weight excluding hydrogens is 344 g/mol. The highest BCUT2D eigenvalue weighted by Gasteiger charge is 2.23. The normalized spacial score (nSPS) is 13.1. The molecule has 0 spiro atoms. The Kier molecular flexibility index (Phi) is 5.05. The molecule has 2 aromatic heterocycles. The van der Waals surface area contributed by atoms with Crippen LogP contribution in [0.25, 0.3) is 10.2 Å². The molecule has 0 saturated heterocycles. The van der Waals surface area contributed by atoms with Gasteiger partial charge in [0, 0.05) is 24.4 Å². The number of carbonyl (C=O) groups is 2. The summed E-state index contributed by atoms with van der Waals surface area (Å²) in [4.78, 5) is 36.6. The van der Waals surface area contributed by atoms with Crippen LogP contribution >= 0.6 is 23.1 Å². The second-order valence-electron chi connectivity index (χ2n) is 5.83. The number of nitrogens with one attached hydrogen (secondary N) is 1. The highest BCUT2D eigenvalue weighted by molar-refractivity contribution is 8.00. The zero-order valence-corrected chi connectivity index (χ0v) is 15.6. The Morgan fingerprint density at radius 3 is 2.88 bits per heavy atom. The summed E-state index contributed by atoms with van der Waals surface area (Å²) in [7, 11) is 3.20. The molecule has 0 unspecified atom stereocenters. The third kappa shape index (κ3) is 3.39. The summed E-state index contributed by atoms with van der Waals surface area (Å²) in [5, 5.41) is 4.54. The fourth-order valence-electron chi connectivity index (χ4n) is 2.79. The van der Waals surface area contributed by atoms with Crippen molar-refractivity contribution in [1.82, 2.24) is 20.2 Å². The summed E-state index contributed by atoms with van der Waals surface area (Å²) in [5.41, 5.74) is 1.36. The minimum atomic E-state index is -0.174. The highest BCUT2D eigenvalue weighted by atomic mass is 32.2. The summed E-state index contributed by atoms with van der Waals surface area (Å²) in [6.45, 7) is 1.95. The average Bonchev–Trinajstić information content (AvgIpc) is 3.12. The third-order valence-electron chi connectivity index (χ3n) is 4.06. The first-order valence-electron chi connectivity index (χ1n) is 7.85. The standard InChI is InChI=1S/C16H20N4O2S2/c1-9-18-15(23-8-13(22)20(3)7-12(21)17-2)14-10-5-4-6-11(10)24-16(14)19-9/h4-8H2,1-3H3,(H,17,21). The van der Waals surface area contributed by atoms with Gasteiger partial charge in [0.25, 0.3) is 0 Å². The Morgan fingerprint density at radius 2 is 2.12 bits per heavy atom. The lowest BCUT2D eigenvalue weighted by atomic mass is 10.2. The number of hydrogen-bond donors (Lipinski definition) is 1. The van der Waals surface area contributed by atoms with Crippen molar-refractivity contribution in [2.75, 3.05) is 26.4 Å². The molecule has 0 atom stereocenters. The van der Waals surface area contributed by atoms with Gasteiger partial charge in [0.05, 0.1) is 12.3 Å². The first-order valence-corrected chi connectivity index (χ1v) is 9.66. The number of nitrogens with zero attached hydrogens (tertiary/aromatic N) is 3. The van der Waals surface area contributed by atoms with Gasteiger partial charge in [-0.2, -0.15) is 0 Å². The maximum absolute atomic E-state index is 12.2. The number of hydrogen-bond acceptors (Lipinski definition) is 6. The molecule has 0 bridgehead atoms. The minimum Gasteiger partial charge on any atom is -0.358 e. The number of amides is 2. The molecule has 6 nitrogen and oxygen atoms in total. The number of aromatic nitrogens is 2. The van der Waals surface area contributed by atoms with Crippen LogP contribution in [0.15, 0.2) is 5.03 Å². The molecule has 0 saturated carbocycles. The number of carbonyl (C=O) groups excluding carboxylic acids is 2. The van der Waals surface area contributed by atoms with Crippen LogP contribution in [0.4, 0.5) is 0 Å². The van der Waals surface area contributed by atoms with Crippen LogP contribution in [-0.4, -0.2) is 53.1 Å². The van der Waals surface area contributed by atoms with Crippen LogP contribution in [-0.2, 0) is 22.4 Å². The smallest absolute Gasteiger partial charge is 0.239 e. The van der Waals surface area contributed by atoms with Gasteiger partial charge in [-0.05, 0) is 31.7 Å². The van der Waals surface area contributed by atoms with Gasteiger partial charge in [0.15, 0.2) is 0 Å². The van der Waals surface area contributed by atoms with Gasteiger partial charge in [-0.15, -0.1) is 11.3 Å². The molecule has 2 amide bonds. The van der Waals surface area contributed by atoms with Crippen molar-refractivity contribution in [1.29, 1.82) is 0 Å². The van der Waals surface area contributed by atoms with E-state index in [0.29, 0.717) is 0 Å². The lowest BCUT2D eigenvalue weighted by Gasteiger charge is -2.15. The Hall–Kier alpha value is -1.67. The van der Waals surface area contributed by atoms with E-state index in [1.54, 1.807) is 25.4 Å². The van der Waals surface area contributed by atoms with E-state index in [2.05, 4.69) is 15.3 Å². The second-order valence-corrected chi connectivity index (χ2v) is 7.87. The van der Waals surface area contributed by atoms with Crippen molar-refractivity contribution in [3.63, 3.8) is 0 Å². The first-order chi connectivity index (χ1) is 11.5. The van der Waals surface area contributed by atoms with Gasteiger partial charge in [0.1, 0.15) is 15.7 Å². The van der Waals surface area contributed by atoms with E-state index in [0.717, 1.165) is 33.9 Å². The Labute approximate surface area is 149 Å². The lowest BCUT2D eigenvalue weighted by Crippen LogP contribution is -2.37. The fraction of sp³-hybridized carbons (Fsp3) is 0.500. The van der Waals surface area contributed by atoms with Gasteiger partial charge in [0.2, 0.25) is 11.8 Å². The number of likely N-dealkylation sites (N-methyl/N-ethyl adjacent to an activating group) is 2. The third-order valence-corrected chi connectivity index (χ3v) is 6.21. The van der Waals surface area contributed by atoms with E-state index < -0.39 is 0 Å². The SMILES string of the molecule is CNC(=O)CN(C)C(=O)CSc1nc(C)nc2sc3c(c12)CCC3. The van der Waals surface area contributed by atoms with Crippen LogP contribution in [0.2, 0.25) is 0 Å². The van der Waals surface area contributed by atoms with E-state index in [1.807, 2.05) is 6.92 Å². The quantitative estimate of drug-likeness (QED) is 0.647. The minimum absolute atomic E-state index is 0.0714. The molecule has 8 heteroatoms. The van der Waals surface area contributed by atoms with E-state index in [-0.39, 0.29) is 24.1 Å². The molecule has 1 N–H and O–H groups in total. The van der Waals surface area contributed by atoms with Crippen LogP contribution in [0.1, 0.15) is 22.7 Å². The van der Waals surface area contributed by atoms with E-state index >= 15 is 0 Å². The molecule has 0 aliphatic heterocycles. The van der Waals surface area contributed by atoms with Crippen LogP contribution in [0.5, 0.6) is 0 Å². The number of thioether (sulfide) groups is 1. The van der Waals surface area contributed by atoms with Crippen molar-refractivity contribution < 1.29 is 9.59 Å². The van der Waals surface area contributed by atoms with Crippen molar-refractivity contribution in [2.24, 2.45) is 0 Å². The van der Waals surface area contributed by atoms with Crippen molar-refractivity contribution in [3.05, 3.63) is 16.3 Å². The molecule has 1 aliphatic rings. The summed E-state index contributed by atoms with van der Waals surface area (Å²) in [5.74, 6) is 0.742. The van der Waals surface area contributed by atoms with E-state index in [9.17, 15) is 9.59 Å². The number of thiophene rings is 1. The van der Waals surface area contributed by atoms with Crippen LogP contribution in [0, 0.1) is 6.92 Å². The summed E-state index contributed by atoms with van der Waals surface area (Å²) in [6, 6.07) is 0. The van der Waals surface area contributed by atoms with Gasteiger partial charge in [-0.1, -0.05) is 11.8 Å². The zero-order valence-electron chi connectivity index (χ0n) is 14.0. The van der Waals surface area contributed by atoms with Gasteiger partial charge in [-0.3, -0.25) is 9.59 Å². The molecule has 24 heavy (non-hydrogen) atoms. The van der Waals surface area contributed by atoms with Gasteiger partial charge >= 0.3 is 0 Å². The first kappa shape index (κ1) is 17.2. The highest BCUT2D eigenvalue weighted by Crippen LogP contribution is 2.40. The summed E-state index contributed by atoms with van der Waals surface area (Å²) >= 11 is 3.19. The Bertz CT molecular complexity index is 803. The van der Waals surface area contributed by atoms with E-state index in [1.165, 1.54) is 33.5 Å². The zero-order chi connectivity index (χ0) is 17.3. The molecule has 1 aliphatic carbocycles. The van der Waals surface area contributed by atoms with E-state index in [4.69, 9.17) is 0 Å². The average molecular weight is 364 g/mol. The molecule has 2 aromatic rings. The molecule has 3 rings (SSSR count). The predicted molar refractivity (Wildman–Crippen MR) is 96.6 cm³/mol. The topological polar surface area (TPSA) is 75.2 Å². The molecular formula is C16H20N4O2S2. The number of aryl methyl sites for hydroxylation is 3. The molecule has 0 radical (unpaired) electrons. The number of rotatable bonds is 5. The predicted octanol–water partition coefficient (Wildman–Crippen LogP) is 1.78. The van der Waals surface area contributed by atoms with Crippen molar-refractivity contribution in [2.45, 2.75) is 31.2 Å². The maximum atomic E-state index is 12.2. The fourth-order valence-corrected chi connectivity index (χ4v) is 5.20. The summed E-state index contributed by atoms with van der Waals surface area (Å²) in [6.07, 6.45) is 3.37. The lowest BCUT2D eigenvalue weighted by molar-refractivity contribution is -0.132. The van der Waals surface area contributed by atoms with Crippen LogP contribution < -0.4 is 5.32 Å². The molecule has 0 aromatic carbocycles. The Morgan fingerprint density at radius 1 is 1.33 bits per heavy atom.